The molecule has 0 fully saturated rings. The number of carbonyl (C=O) groups excluding carboxylic acids is 2. The van der Waals surface area contributed by atoms with Gasteiger partial charge in [0, 0.05) is 17.8 Å². The van der Waals surface area contributed by atoms with Gasteiger partial charge in [0.2, 0.25) is 0 Å². The first-order valence-electron chi connectivity index (χ1n) is 7.40. The molecule has 7 nitrogen and oxygen atoms in total. The Morgan fingerprint density at radius 3 is 2.52 bits per heavy atom. The Balaban J connectivity index is 2.02. The van der Waals surface area contributed by atoms with Gasteiger partial charge >= 0.3 is 11.8 Å². The fourth-order valence-electron chi connectivity index (χ4n) is 2.16. The highest BCUT2D eigenvalue weighted by Gasteiger charge is 2.18. The Hall–Kier alpha value is -3.29. The van der Waals surface area contributed by atoms with Crippen LogP contribution in [-0.4, -0.2) is 16.7 Å². The van der Waals surface area contributed by atoms with Gasteiger partial charge in [0.15, 0.2) is 0 Å². The summed E-state index contributed by atoms with van der Waals surface area (Å²) in [5.74, 6) is -2.23. The normalized spacial score (nSPS) is 11.5. The summed E-state index contributed by atoms with van der Waals surface area (Å²) in [6.07, 6.45) is 0. The van der Waals surface area contributed by atoms with Gasteiger partial charge in [0.1, 0.15) is 5.82 Å². The summed E-state index contributed by atoms with van der Waals surface area (Å²) in [4.78, 5) is 34.1. The van der Waals surface area contributed by atoms with Crippen molar-refractivity contribution in [3.05, 3.63) is 69.5 Å². The molecule has 2 rings (SSSR count). The summed E-state index contributed by atoms with van der Waals surface area (Å²) in [5, 5.41) is 15.6. The molecule has 0 aliphatic heterocycles. The summed E-state index contributed by atoms with van der Waals surface area (Å²) in [6.45, 7) is 3.14. The molecule has 0 heterocycles. The van der Waals surface area contributed by atoms with Crippen LogP contribution in [0.2, 0.25) is 0 Å². The lowest BCUT2D eigenvalue weighted by atomic mass is 10.1. The Morgan fingerprint density at radius 1 is 1.16 bits per heavy atom. The van der Waals surface area contributed by atoms with Crippen molar-refractivity contribution in [2.75, 3.05) is 5.32 Å². The number of hydrogen-bond donors (Lipinski definition) is 2. The molecule has 0 aromatic heterocycles. The predicted octanol–water partition coefficient (Wildman–Crippen LogP) is 2.86. The zero-order chi connectivity index (χ0) is 18.6. The lowest BCUT2D eigenvalue weighted by Gasteiger charge is -2.14. The van der Waals surface area contributed by atoms with E-state index >= 15 is 0 Å². The number of anilines is 1. The number of halogens is 1. The molecule has 1 atom stereocenters. The highest BCUT2D eigenvalue weighted by atomic mass is 19.1. The Labute approximate surface area is 143 Å². The number of rotatable bonds is 4. The number of nitro benzene ring substituents is 1. The van der Waals surface area contributed by atoms with Crippen LogP contribution in [0, 0.1) is 22.9 Å². The van der Waals surface area contributed by atoms with Gasteiger partial charge in [-0.3, -0.25) is 19.7 Å². The van der Waals surface area contributed by atoms with E-state index in [0.29, 0.717) is 16.8 Å². The maximum atomic E-state index is 13.2. The first-order valence-corrected chi connectivity index (χ1v) is 7.40. The zero-order valence-electron chi connectivity index (χ0n) is 13.6. The van der Waals surface area contributed by atoms with Gasteiger partial charge in [-0.1, -0.05) is 12.1 Å². The fraction of sp³-hybridized carbons (Fsp3) is 0.176. The van der Waals surface area contributed by atoms with Crippen LogP contribution >= 0.6 is 0 Å². The minimum absolute atomic E-state index is 0.107. The third-order valence-corrected chi connectivity index (χ3v) is 3.55. The highest BCUT2D eigenvalue weighted by molar-refractivity contribution is 6.39. The molecule has 0 saturated heterocycles. The van der Waals surface area contributed by atoms with Crippen molar-refractivity contribution in [2.24, 2.45) is 0 Å². The predicted molar refractivity (Wildman–Crippen MR) is 89.4 cm³/mol. The number of nitrogens with zero attached hydrogens (tertiary/aromatic N) is 1. The summed E-state index contributed by atoms with van der Waals surface area (Å²) in [7, 11) is 0. The minimum atomic E-state index is -0.914. The van der Waals surface area contributed by atoms with Crippen LogP contribution < -0.4 is 10.6 Å². The Morgan fingerprint density at radius 2 is 1.88 bits per heavy atom. The fourth-order valence-corrected chi connectivity index (χ4v) is 2.16. The minimum Gasteiger partial charge on any atom is -0.341 e. The van der Waals surface area contributed by atoms with Crippen molar-refractivity contribution in [3.8, 4) is 0 Å². The van der Waals surface area contributed by atoms with E-state index in [1.54, 1.807) is 13.0 Å². The van der Waals surface area contributed by atoms with Crippen molar-refractivity contribution in [1.29, 1.82) is 0 Å². The van der Waals surface area contributed by atoms with Gasteiger partial charge in [-0.15, -0.1) is 0 Å². The second-order valence-corrected chi connectivity index (χ2v) is 5.47. The van der Waals surface area contributed by atoms with Crippen LogP contribution in [0.15, 0.2) is 42.5 Å². The molecule has 2 aromatic rings. The van der Waals surface area contributed by atoms with Crippen LogP contribution in [0.25, 0.3) is 0 Å². The molecule has 2 amide bonds. The zero-order valence-corrected chi connectivity index (χ0v) is 13.6. The lowest BCUT2D eigenvalue weighted by Crippen LogP contribution is -2.36. The van der Waals surface area contributed by atoms with E-state index in [0.717, 1.165) is 0 Å². The van der Waals surface area contributed by atoms with Crippen molar-refractivity contribution < 1.29 is 18.9 Å². The number of hydrogen-bond acceptors (Lipinski definition) is 4. The average Bonchev–Trinajstić information content (AvgIpc) is 2.58. The van der Waals surface area contributed by atoms with Gasteiger partial charge in [0.25, 0.3) is 5.69 Å². The third-order valence-electron chi connectivity index (χ3n) is 3.55. The molecule has 2 N–H and O–H groups in total. The smallest absolute Gasteiger partial charge is 0.313 e. The number of carbonyl (C=O) groups is 2. The van der Waals surface area contributed by atoms with Gasteiger partial charge in [-0.05, 0) is 43.2 Å². The molecule has 0 aliphatic carbocycles. The van der Waals surface area contributed by atoms with E-state index in [4.69, 9.17) is 0 Å². The number of benzene rings is 2. The summed E-state index contributed by atoms with van der Waals surface area (Å²) >= 11 is 0. The Kier molecular flexibility index (Phi) is 5.43. The second-order valence-electron chi connectivity index (χ2n) is 5.47. The van der Waals surface area contributed by atoms with E-state index in [1.807, 2.05) is 0 Å². The molecule has 0 radical (unpaired) electrons. The highest BCUT2D eigenvalue weighted by Crippen LogP contribution is 2.19. The van der Waals surface area contributed by atoms with Crippen LogP contribution in [0.5, 0.6) is 0 Å². The number of amides is 2. The van der Waals surface area contributed by atoms with E-state index in [-0.39, 0.29) is 5.69 Å². The van der Waals surface area contributed by atoms with E-state index in [1.165, 1.54) is 43.3 Å². The van der Waals surface area contributed by atoms with Gasteiger partial charge in [0.05, 0.1) is 11.0 Å². The molecule has 0 unspecified atom stereocenters. The maximum Gasteiger partial charge on any atom is 0.313 e. The van der Waals surface area contributed by atoms with Crippen LogP contribution in [0.3, 0.4) is 0 Å². The summed E-state index contributed by atoms with van der Waals surface area (Å²) in [5.41, 5.74) is 1.02. The van der Waals surface area contributed by atoms with E-state index in [2.05, 4.69) is 10.6 Å². The summed E-state index contributed by atoms with van der Waals surface area (Å²) in [6, 6.07) is 9.11. The van der Waals surface area contributed by atoms with Crippen LogP contribution in [0.1, 0.15) is 24.1 Å². The maximum absolute atomic E-state index is 13.2. The average molecular weight is 345 g/mol. The molecular weight excluding hydrogens is 329 g/mol. The van der Waals surface area contributed by atoms with Crippen LogP contribution in [0.4, 0.5) is 15.8 Å². The van der Waals surface area contributed by atoms with Gasteiger partial charge in [-0.2, -0.15) is 0 Å². The monoisotopic (exact) mass is 345 g/mol. The molecule has 0 bridgehead atoms. The molecular formula is C17H16FN3O4. The molecule has 0 aliphatic rings. The summed E-state index contributed by atoms with van der Waals surface area (Å²) < 4.78 is 13.2. The van der Waals surface area contributed by atoms with E-state index in [9.17, 15) is 24.1 Å². The van der Waals surface area contributed by atoms with Crippen LogP contribution in [-0.2, 0) is 9.59 Å². The van der Waals surface area contributed by atoms with Gasteiger partial charge in [-0.25, -0.2) is 4.39 Å². The first kappa shape index (κ1) is 18.1. The number of nitro groups is 1. The van der Waals surface area contributed by atoms with Gasteiger partial charge < -0.3 is 10.6 Å². The third kappa shape index (κ3) is 4.60. The molecule has 25 heavy (non-hydrogen) atoms. The standard InChI is InChI=1S/C17H16FN3O4/c1-10-8-13(6-7-15(10)18)20-17(23)16(22)19-11(2)12-4-3-5-14(9-12)21(24)25/h3-9,11H,1-2H3,(H,19,22)(H,20,23)/t11-/m1/s1. The largest absolute Gasteiger partial charge is 0.341 e. The number of nitrogens with one attached hydrogen (secondary N) is 2. The molecule has 0 saturated carbocycles. The molecule has 0 spiro atoms. The Bertz CT molecular complexity index is 838. The topological polar surface area (TPSA) is 101 Å². The second kappa shape index (κ2) is 7.52. The van der Waals surface area contributed by atoms with Crippen molar-refractivity contribution in [2.45, 2.75) is 19.9 Å². The molecule has 2 aromatic carbocycles. The van der Waals surface area contributed by atoms with E-state index < -0.39 is 28.6 Å². The number of aryl methyl sites for hydroxylation is 1. The SMILES string of the molecule is Cc1cc(NC(=O)C(=O)N[C@H](C)c2cccc([N+](=O)[O-])c2)ccc1F. The first-order chi connectivity index (χ1) is 11.8. The van der Waals surface area contributed by atoms with Crippen molar-refractivity contribution >= 4 is 23.2 Å². The quantitative estimate of drug-likeness (QED) is 0.505. The lowest BCUT2D eigenvalue weighted by molar-refractivity contribution is -0.384. The number of non-ortho nitro benzene ring substituents is 1. The molecule has 130 valence electrons. The van der Waals surface area contributed by atoms with Crippen molar-refractivity contribution in [1.82, 2.24) is 5.32 Å². The molecule has 8 heteroatoms. The van der Waals surface area contributed by atoms with Crippen molar-refractivity contribution in [3.63, 3.8) is 0 Å².